The van der Waals surface area contributed by atoms with Crippen LogP contribution >= 0.6 is 0 Å². The van der Waals surface area contributed by atoms with Crippen LogP contribution in [-0.4, -0.2) is 44.6 Å². The maximum absolute atomic E-state index is 11.4. The maximum Gasteiger partial charge on any atom is 0.221 e. The Morgan fingerprint density at radius 2 is 2.00 bits per heavy atom. The van der Waals surface area contributed by atoms with Crippen molar-refractivity contribution in [2.75, 3.05) is 39.5 Å². The van der Waals surface area contributed by atoms with E-state index in [9.17, 15) is 4.79 Å². The maximum atomic E-state index is 11.4. The van der Waals surface area contributed by atoms with Gasteiger partial charge in [-0.05, 0) is 38.4 Å². The summed E-state index contributed by atoms with van der Waals surface area (Å²) in [7, 11) is 3.88. The zero-order chi connectivity index (χ0) is 13.4. The van der Waals surface area contributed by atoms with Crippen molar-refractivity contribution in [2.24, 2.45) is 0 Å². The Hall–Kier alpha value is -1.75. The van der Waals surface area contributed by atoms with E-state index in [4.69, 9.17) is 10.5 Å². The molecule has 0 atom stereocenters. The van der Waals surface area contributed by atoms with E-state index in [1.165, 1.54) is 0 Å². The first-order valence-electron chi connectivity index (χ1n) is 5.97. The molecule has 5 heteroatoms. The fourth-order valence-corrected chi connectivity index (χ4v) is 1.34. The van der Waals surface area contributed by atoms with Crippen molar-refractivity contribution in [3.8, 4) is 5.75 Å². The van der Waals surface area contributed by atoms with Gasteiger partial charge in [-0.3, -0.25) is 4.79 Å². The average Bonchev–Trinajstić information content (AvgIpc) is 2.34. The summed E-state index contributed by atoms with van der Waals surface area (Å²) in [4.78, 5) is 13.4. The number of carbonyl (C=O) groups is 1. The van der Waals surface area contributed by atoms with Crippen LogP contribution in [0.4, 0.5) is 5.69 Å². The third kappa shape index (κ3) is 6.10. The van der Waals surface area contributed by atoms with Gasteiger partial charge in [0.1, 0.15) is 12.4 Å². The predicted octanol–water partition coefficient (Wildman–Crippen LogP) is 0.715. The summed E-state index contributed by atoms with van der Waals surface area (Å²) in [5.74, 6) is 0.802. The first-order valence-corrected chi connectivity index (χ1v) is 5.97. The number of carbonyl (C=O) groups excluding carboxylic acids is 1. The highest BCUT2D eigenvalue weighted by molar-refractivity contribution is 5.76. The van der Waals surface area contributed by atoms with Crippen molar-refractivity contribution in [1.29, 1.82) is 0 Å². The lowest BCUT2D eigenvalue weighted by atomic mass is 10.3. The van der Waals surface area contributed by atoms with Gasteiger partial charge in [-0.2, -0.15) is 0 Å². The molecule has 1 amide bonds. The number of nitrogens with two attached hydrogens (primary N) is 1. The lowest BCUT2D eigenvalue weighted by Gasteiger charge is -2.10. The average molecular weight is 251 g/mol. The summed E-state index contributed by atoms with van der Waals surface area (Å²) < 4.78 is 5.46. The number of amides is 1. The molecule has 0 aliphatic carbocycles. The number of anilines is 1. The molecule has 0 spiro atoms. The highest BCUT2D eigenvalue weighted by Gasteiger charge is 2.01. The Balaban J connectivity index is 2.11. The molecule has 0 fully saturated rings. The molecule has 0 aromatic heterocycles. The Kier molecular flexibility index (Phi) is 6.00. The molecular formula is C13H21N3O2. The molecule has 18 heavy (non-hydrogen) atoms. The van der Waals surface area contributed by atoms with Crippen LogP contribution in [-0.2, 0) is 4.79 Å². The van der Waals surface area contributed by atoms with Crippen molar-refractivity contribution < 1.29 is 9.53 Å². The van der Waals surface area contributed by atoms with Gasteiger partial charge in [0.05, 0.1) is 6.54 Å². The fraction of sp³-hybridized carbons (Fsp3) is 0.462. The second-order valence-electron chi connectivity index (χ2n) is 4.32. The van der Waals surface area contributed by atoms with E-state index in [1.807, 2.05) is 31.1 Å². The van der Waals surface area contributed by atoms with E-state index in [2.05, 4.69) is 5.32 Å². The number of rotatable bonds is 7. The standard InChI is InChI=1S/C13H21N3O2/c1-16(2)9-7-13(17)15-8-10-18-12-5-3-11(14)4-6-12/h3-6H,7-10,14H2,1-2H3,(H,15,17). The number of benzene rings is 1. The van der Waals surface area contributed by atoms with Crippen LogP contribution in [0, 0.1) is 0 Å². The normalized spacial score (nSPS) is 10.4. The number of ether oxygens (including phenoxy) is 1. The molecule has 100 valence electrons. The van der Waals surface area contributed by atoms with Crippen LogP contribution in [0.2, 0.25) is 0 Å². The Bertz CT molecular complexity index is 363. The van der Waals surface area contributed by atoms with Crippen molar-refractivity contribution in [3.63, 3.8) is 0 Å². The number of nitrogens with one attached hydrogen (secondary N) is 1. The third-order valence-electron chi connectivity index (χ3n) is 2.36. The molecule has 0 heterocycles. The van der Waals surface area contributed by atoms with Crippen LogP contribution < -0.4 is 15.8 Å². The molecule has 3 N–H and O–H groups in total. The second-order valence-corrected chi connectivity index (χ2v) is 4.32. The molecule has 0 saturated heterocycles. The van der Waals surface area contributed by atoms with Gasteiger partial charge < -0.3 is 20.7 Å². The number of nitrogen functional groups attached to an aromatic ring is 1. The lowest BCUT2D eigenvalue weighted by Crippen LogP contribution is -2.30. The van der Waals surface area contributed by atoms with Crippen LogP contribution in [0.25, 0.3) is 0 Å². The van der Waals surface area contributed by atoms with Gasteiger partial charge in [0.15, 0.2) is 0 Å². The summed E-state index contributed by atoms with van der Waals surface area (Å²) in [5.41, 5.74) is 6.27. The van der Waals surface area contributed by atoms with E-state index in [0.29, 0.717) is 25.3 Å². The van der Waals surface area contributed by atoms with E-state index < -0.39 is 0 Å². The van der Waals surface area contributed by atoms with Crippen LogP contribution in [0.15, 0.2) is 24.3 Å². The summed E-state index contributed by atoms with van der Waals surface area (Å²) in [6, 6.07) is 7.18. The minimum absolute atomic E-state index is 0.0459. The van der Waals surface area contributed by atoms with Crippen molar-refractivity contribution in [2.45, 2.75) is 6.42 Å². The molecule has 0 saturated carbocycles. The molecular weight excluding hydrogens is 230 g/mol. The van der Waals surface area contributed by atoms with Crippen molar-refractivity contribution in [3.05, 3.63) is 24.3 Å². The van der Waals surface area contributed by atoms with E-state index in [-0.39, 0.29) is 5.91 Å². The van der Waals surface area contributed by atoms with Gasteiger partial charge in [-0.1, -0.05) is 0 Å². The largest absolute Gasteiger partial charge is 0.492 e. The van der Waals surface area contributed by atoms with E-state index >= 15 is 0 Å². The molecule has 0 aliphatic heterocycles. The Labute approximate surface area is 108 Å². The zero-order valence-corrected chi connectivity index (χ0v) is 11.0. The SMILES string of the molecule is CN(C)CCC(=O)NCCOc1ccc(N)cc1. The smallest absolute Gasteiger partial charge is 0.221 e. The molecule has 1 aromatic carbocycles. The molecule has 0 radical (unpaired) electrons. The van der Waals surface area contributed by atoms with E-state index in [0.717, 1.165) is 12.3 Å². The highest BCUT2D eigenvalue weighted by atomic mass is 16.5. The number of nitrogens with zero attached hydrogens (tertiary/aromatic N) is 1. The third-order valence-corrected chi connectivity index (χ3v) is 2.36. The van der Waals surface area contributed by atoms with Gasteiger partial charge in [0, 0.05) is 18.7 Å². The summed E-state index contributed by atoms with van der Waals surface area (Å²) >= 11 is 0. The van der Waals surface area contributed by atoms with Gasteiger partial charge in [0.2, 0.25) is 5.91 Å². The Morgan fingerprint density at radius 1 is 1.33 bits per heavy atom. The van der Waals surface area contributed by atoms with Gasteiger partial charge in [-0.25, -0.2) is 0 Å². The first-order chi connectivity index (χ1) is 8.58. The molecule has 1 aromatic rings. The number of hydrogen-bond acceptors (Lipinski definition) is 4. The fourth-order valence-electron chi connectivity index (χ4n) is 1.34. The van der Waals surface area contributed by atoms with Gasteiger partial charge >= 0.3 is 0 Å². The van der Waals surface area contributed by atoms with Crippen molar-refractivity contribution >= 4 is 11.6 Å². The lowest BCUT2D eigenvalue weighted by molar-refractivity contribution is -0.121. The molecule has 0 bridgehead atoms. The Morgan fingerprint density at radius 3 is 2.61 bits per heavy atom. The first kappa shape index (κ1) is 14.3. The zero-order valence-electron chi connectivity index (χ0n) is 11.0. The topological polar surface area (TPSA) is 67.6 Å². The van der Waals surface area contributed by atoms with Crippen LogP contribution in [0.5, 0.6) is 5.75 Å². The van der Waals surface area contributed by atoms with Crippen LogP contribution in [0.3, 0.4) is 0 Å². The monoisotopic (exact) mass is 251 g/mol. The summed E-state index contributed by atoms with van der Waals surface area (Å²) in [6.45, 7) is 1.72. The molecule has 5 nitrogen and oxygen atoms in total. The minimum atomic E-state index is 0.0459. The molecule has 1 rings (SSSR count). The summed E-state index contributed by atoms with van der Waals surface area (Å²) in [6.07, 6.45) is 0.509. The summed E-state index contributed by atoms with van der Waals surface area (Å²) in [5, 5.41) is 2.80. The molecule has 0 unspecified atom stereocenters. The quantitative estimate of drug-likeness (QED) is 0.553. The second kappa shape index (κ2) is 7.55. The minimum Gasteiger partial charge on any atom is -0.492 e. The van der Waals surface area contributed by atoms with Gasteiger partial charge in [-0.15, -0.1) is 0 Å². The molecule has 0 aliphatic rings. The highest BCUT2D eigenvalue weighted by Crippen LogP contribution is 2.12. The van der Waals surface area contributed by atoms with E-state index in [1.54, 1.807) is 12.1 Å². The van der Waals surface area contributed by atoms with Gasteiger partial charge in [0.25, 0.3) is 0 Å². The van der Waals surface area contributed by atoms with Crippen LogP contribution in [0.1, 0.15) is 6.42 Å². The predicted molar refractivity (Wildman–Crippen MR) is 72.5 cm³/mol. The van der Waals surface area contributed by atoms with Crippen molar-refractivity contribution in [1.82, 2.24) is 10.2 Å². The number of hydrogen-bond donors (Lipinski definition) is 2.